The van der Waals surface area contributed by atoms with Crippen molar-refractivity contribution in [1.29, 1.82) is 0 Å². The lowest BCUT2D eigenvalue weighted by Gasteiger charge is -2.35. The van der Waals surface area contributed by atoms with Gasteiger partial charge in [-0.25, -0.2) is 0 Å². The van der Waals surface area contributed by atoms with Crippen LogP contribution in [0.2, 0.25) is 0 Å². The van der Waals surface area contributed by atoms with E-state index in [0.717, 1.165) is 28.9 Å². The van der Waals surface area contributed by atoms with E-state index in [9.17, 15) is 0 Å². The van der Waals surface area contributed by atoms with Crippen molar-refractivity contribution in [2.75, 3.05) is 5.75 Å². The van der Waals surface area contributed by atoms with Crippen molar-refractivity contribution in [2.24, 2.45) is 23.7 Å². The molecule has 2 aliphatic rings. The second-order valence-electron chi connectivity index (χ2n) is 5.41. The molecule has 0 amide bonds. The molecule has 0 aliphatic heterocycles. The van der Waals surface area contributed by atoms with E-state index < -0.39 is 0 Å². The lowest BCUT2D eigenvalue weighted by molar-refractivity contribution is 0.206. The minimum absolute atomic E-state index is 1.03. The summed E-state index contributed by atoms with van der Waals surface area (Å²) in [7, 11) is 0. The predicted octanol–water partition coefficient (Wildman–Crippen LogP) is 4.59. The van der Waals surface area contributed by atoms with Gasteiger partial charge in [0.05, 0.1) is 0 Å². The van der Waals surface area contributed by atoms with Gasteiger partial charge in [0.15, 0.2) is 0 Å². The Kier molecular flexibility index (Phi) is 4.04. The summed E-state index contributed by atoms with van der Waals surface area (Å²) in [5.74, 6) is 5.68. The normalized spacial score (nSPS) is 43.8. The second-order valence-corrected chi connectivity index (χ2v) is 6.93. The van der Waals surface area contributed by atoms with E-state index >= 15 is 0 Å². The van der Waals surface area contributed by atoms with Gasteiger partial charge in [0.2, 0.25) is 0 Å². The molecule has 0 saturated heterocycles. The maximum absolute atomic E-state index is 2.42. The van der Waals surface area contributed by atoms with E-state index in [1.54, 1.807) is 12.8 Å². The zero-order chi connectivity index (χ0) is 10.8. The Hall–Kier alpha value is 0.350. The van der Waals surface area contributed by atoms with Crippen molar-refractivity contribution in [1.82, 2.24) is 0 Å². The summed E-state index contributed by atoms with van der Waals surface area (Å²) in [6.45, 7) is 7.10. The van der Waals surface area contributed by atoms with Crippen molar-refractivity contribution in [3.63, 3.8) is 0 Å². The molecule has 0 N–H and O–H groups in total. The van der Waals surface area contributed by atoms with Gasteiger partial charge in [0.25, 0.3) is 0 Å². The molecular weight excluding hydrogens is 200 g/mol. The van der Waals surface area contributed by atoms with Crippen molar-refractivity contribution < 1.29 is 0 Å². The summed E-state index contributed by atoms with van der Waals surface area (Å²) in [6.07, 6.45) is 7.46. The fourth-order valence-electron chi connectivity index (χ4n) is 4.33. The van der Waals surface area contributed by atoms with E-state index in [-0.39, 0.29) is 0 Å². The second kappa shape index (κ2) is 5.12. The first kappa shape index (κ1) is 11.8. The maximum atomic E-state index is 2.42. The number of hydrogen-bond acceptors (Lipinski definition) is 1. The van der Waals surface area contributed by atoms with Crippen LogP contribution in [0.1, 0.15) is 52.9 Å². The summed E-state index contributed by atoms with van der Waals surface area (Å²) < 4.78 is 0. The van der Waals surface area contributed by atoms with Crippen LogP contribution in [-0.2, 0) is 0 Å². The summed E-state index contributed by atoms with van der Waals surface area (Å²) >= 11 is 2.24. The summed E-state index contributed by atoms with van der Waals surface area (Å²) in [6, 6.07) is 0. The summed E-state index contributed by atoms with van der Waals surface area (Å²) in [4.78, 5) is 0. The van der Waals surface area contributed by atoms with Crippen LogP contribution in [0.5, 0.6) is 0 Å². The molecule has 0 heterocycles. The highest BCUT2D eigenvalue weighted by atomic mass is 32.2. The Morgan fingerprint density at radius 1 is 1.07 bits per heavy atom. The third-order valence-electron chi connectivity index (χ3n) is 4.77. The monoisotopic (exact) mass is 226 g/mol. The molecule has 2 saturated carbocycles. The number of rotatable bonds is 5. The van der Waals surface area contributed by atoms with Crippen LogP contribution in [-0.4, -0.2) is 11.0 Å². The molecule has 0 radical (unpaired) electrons. The third-order valence-corrected chi connectivity index (χ3v) is 6.07. The first-order valence-corrected chi connectivity index (χ1v) is 7.98. The highest BCUT2D eigenvalue weighted by Gasteiger charge is 2.50. The SMILES string of the molecule is CCCC1C2CC(SCC)C(C2)C1CC. The van der Waals surface area contributed by atoms with Crippen LogP contribution in [0.25, 0.3) is 0 Å². The highest BCUT2D eigenvalue weighted by Crippen LogP contribution is 2.58. The van der Waals surface area contributed by atoms with Gasteiger partial charge in [0, 0.05) is 5.25 Å². The smallest absolute Gasteiger partial charge is 0.00808 e. The van der Waals surface area contributed by atoms with Gasteiger partial charge < -0.3 is 0 Å². The number of fused-ring (bicyclic) bond motifs is 2. The lowest BCUT2D eigenvalue weighted by atomic mass is 9.75. The molecular formula is C14H26S. The molecule has 0 spiro atoms. The van der Waals surface area contributed by atoms with Gasteiger partial charge in [0.1, 0.15) is 0 Å². The first-order chi connectivity index (χ1) is 7.31. The van der Waals surface area contributed by atoms with Gasteiger partial charge in [-0.3, -0.25) is 0 Å². The molecule has 2 aliphatic carbocycles. The Morgan fingerprint density at radius 2 is 1.87 bits per heavy atom. The van der Waals surface area contributed by atoms with Crippen LogP contribution < -0.4 is 0 Å². The Morgan fingerprint density at radius 3 is 2.47 bits per heavy atom. The molecule has 15 heavy (non-hydrogen) atoms. The fourth-order valence-corrected chi connectivity index (χ4v) is 5.70. The molecule has 0 aromatic carbocycles. The van der Waals surface area contributed by atoms with Crippen molar-refractivity contribution >= 4 is 11.8 Å². The standard InChI is InChI=1S/C14H26S/c1-4-7-12-10-8-13(11(12)5-2)14(9-10)15-6-3/h10-14H,4-9H2,1-3H3. The van der Waals surface area contributed by atoms with Gasteiger partial charge in [-0.15, -0.1) is 0 Å². The van der Waals surface area contributed by atoms with E-state index in [1.165, 1.54) is 25.0 Å². The molecule has 1 heteroatoms. The minimum atomic E-state index is 1.03. The molecule has 5 atom stereocenters. The van der Waals surface area contributed by atoms with Crippen molar-refractivity contribution in [3.05, 3.63) is 0 Å². The maximum Gasteiger partial charge on any atom is 0.00808 e. The Bertz CT molecular complexity index is 200. The van der Waals surface area contributed by atoms with Crippen LogP contribution in [0.15, 0.2) is 0 Å². The Labute approximate surface area is 99.6 Å². The van der Waals surface area contributed by atoms with Crippen LogP contribution in [0.4, 0.5) is 0 Å². The molecule has 2 fully saturated rings. The number of thioether (sulfide) groups is 1. The van der Waals surface area contributed by atoms with Gasteiger partial charge in [-0.2, -0.15) is 11.8 Å². The molecule has 2 bridgehead atoms. The quantitative estimate of drug-likeness (QED) is 0.660. The molecule has 5 unspecified atom stereocenters. The minimum Gasteiger partial charge on any atom is -0.159 e. The van der Waals surface area contributed by atoms with Crippen LogP contribution in [0, 0.1) is 23.7 Å². The van der Waals surface area contributed by atoms with Gasteiger partial charge >= 0.3 is 0 Å². The first-order valence-electron chi connectivity index (χ1n) is 6.93. The van der Waals surface area contributed by atoms with Crippen molar-refractivity contribution in [3.8, 4) is 0 Å². The van der Waals surface area contributed by atoms with Crippen LogP contribution in [0.3, 0.4) is 0 Å². The molecule has 0 aromatic heterocycles. The lowest BCUT2D eigenvalue weighted by Crippen LogP contribution is -2.29. The Balaban J connectivity index is 2.00. The fraction of sp³-hybridized carbons (Fsp3) is 1.00. The molecule has 88 valence electrons. The summed E-state index contributed by atoms with van der Waals surface area (Å²) in [5.41, 5.74) is 0. The van der Waals surface area contributed by atoms with E-state index in [2.05, 4.69) is 32.5 Å². The van der Waals surface area contributed by atoms with Crippen molar-refractivity contribution in [2.45, 2.75) is 58.1 Å². The van der Waals surface area contributed by atoms with E-state index in [4.69, 9.17) is 0 Å². The van der Waals surface area contributed by atoms with Crippen LogP contribution >= 0.6 is 11.8 Å². The summed E-state index contributed by atoms with van der Waals surface area (Å²) in [5, 5.41) is 1.03. The molecule has 2 rings (SSSR count). The molecule has 0 nitrogen and oxygen atoms in total. The van der Waals surface area contributed by atoms with Gasteiger partial charge in [-0.05, 0) is 42.3 Å². The highest BCUT2D eigenvalue weighted by molar-refractivity contribution is 7.99. The third kappa shape index (κ3) is 2.09. The largest absolute Gasteiger partial charge is 0.159 e. The molecule has 0 aromatic rings. The topological polar surface area (TPSA) is 0 Å². The average molecular weight is 226 g/mol. The van der Waals surface area contributed by atoms with Gasteiger partial charge in [-0.1, -0.05) is 40.0 Å². The number of hydrogen-bond donors (Lipinski definition) is 0. The predicted molar refractivity (Wildman–Crippen MR) is 70.3 cm³/mol. The zero-order valence-corrected chi connectivity index (χ0v) is 11.4. The zero-order valence-electron chi connectivity index (χ0n) is 10.5. The van der Waals surface area contributed by atoms with E-state index in [1.807, 2.05) is 0 Å². The average Bonchev–Trinajstić information content (AvgIpc) is 2.76. The van der Waals surface area contributed by atoms with E-state index in [0.29, 0.717) is 0 Å².